The van der Waals surface area contributed by atoms with Crippen LogP contribution in [0, 0.1) is 0 Å². The number of piperazine rings is 1. The predicted octanol–water partition coefficient (Wildman–Crippen LogP) is 3.90. The van der Waals surface area contributed by atoms with Crippen LogP contribution in [0.15, 0.2) is 54.6 Å². The first-order valence-corrected chi connectivity index (χ1v) is 9.63. The van der Waals surface area contributed by atoms with E-state index in [9.17, 15) is 4.79 Å². The van der Waals surface area contributed by atoms with Crippen molar-refractivity contribution < 1.29 is 4.79 Å². The van der Waals surface area contributed by atoms with Crippen molar-refractivity contribution in [2.45, 2.75) is 0 Å². The summed E-state index contributed by atoms with van der Waals surface area (Å²) < 4.78 is 0. The number of likely N-dealkylation sites (N-methyl/N-ethyl adjacent to an activating group) is 1. The van der Waals surface area contributed by atoms with Gasteiger partial charge in [0.05, 0.1) is 5.69 Å². The molecule has 140 valence electrons. The van der Waals surface area contributed by atoms with E-state index in [1.807, 2.05) is 30.3 Å². The van der Waals surface area contributed by atoms with Crippen LogP contribution in [0.25, 0.3) is 33.4 Å². The van der Waals surface area contributed by atoms with Crippen LogP contribution in [0.5, 0.6) is 0 Å². The molecule has 3 aliphatic rings. The molecule has 3 heterocycles. The Balaban J connectivity index is 1.58. The smallest absolute Gasteiger partial charge is 0.169 e. The normalized spacial score (nSPS) is 15.4. The van der Waals surface area contributed by atoms with Gasteiger partial charge in [0.15, 0.2) is 6.29 Å². The second-order valence-electron chi connectivity index (χ2n) is 7.44. The number of aromatic amines is 1. The van der Waals surface area contributed by atoms with Gasteiger partial charge in [-0.25, -0.2) is 4.98 Å². The van der Waals surface area contributed by atoms with Crippen molar-refractivity contribution in [3.8, 4) is 22.5 Å². The van der Waals surface area contributed by atoms with Crippen LogP contribution in [-0.4, -0.2) is 54.4 Å². The molecule has 2 aliphatic heterocycles. The topological polar surface area (TPSA) is 52.2 Å². The van der Waals surface area contributed by atoms with Crippen molar-refractivity contribution in [1.82, 2.24) is 14.9 Å². The number of carbonyl (C=O) groups is 1. The molecule has 1 aromatic carbocycles. The second-order valence-corrected chi connectivity index (χ2v) is 7.44. The summed E-state index contributed by atoms with van der Waals surface area (Å²) in [5, 5.41) is 1.15. The largest absolute Gasteiger partial charge is 0.369 e. The molecule has 0 unspecified atom stereocenters. The van der Waals surface area contributed by atoms with Crippen molar-refractivity contribution >= 4 is 22.9 Å². The molecule has 0 atom stereocenters. The summed E-state index contributed by atoms with van der Waals surface area (Å²) in [6.45, 7) is 4.26. The molecule has 0 amide bonds. The van der Waals surface area contributed by atoms with E-state index in [1.54, 1.807) is 0 Å². The van der Waals surface area contributed by atoms with Gasteiger partial charge in [-0.05, 0) is 37.4 Å². The van der Waals surface area contributed by atoms with Gasteiger partial charge in [0.25, 0.3) is 0 Å². The van der Waals surface area contributed by atoms with Crippen LogP contribution in [-0.2, 0) is 0 Å². The molecule has 1 aliphatic carbocycles. The molecule has 0 radical (unpaired) electrons. The minimum Gasteiger partial charge on any atom is -0.369 e. The van der Waals surface area contributed by atoms with Gasteiger partial charge in [-0.2, -0.15) is 0 Å². The molecule has 0 spiro atoms. The monoisotopic (exact) mass is 370 g/mol. The fourth-order valence-electron chi connectivity index (χ4n) is 4.05. The van der Waals surface area contributed by atoms with Crippen LogP contribution in [0.3, 0.4) is 0 Å². The fraction of sp³-hybridized carbons (Fsp3) is 0.217. The van der Waals surface area contributed by atoms with Gasteiger partial charge in [-0.15, -0.1) is 0 Å². The number of aldehydes is 1. The zero-order valence-corrected chi connectivity index (χ0v) is 15.9. The first kappa shape index (κ1) is 17.0. The predicted molar refractivity (Wildman–Crippen MR) is 113 cm³/mol. The van der Waals surface area contributed by atoms with Crippen molar-refractivity contribution in [2.75, 3.05) is 38.1 Å². The number of nitrogens with zero attached hydrogens (tertiary/aromatic N) is 3. The minimum atomic E-state index is 0.479. The Bertz CT molecular complexity index is 1120. The van der Waals surface area contributed by atoms with Gasteiger partial charge in [-0.3, -0.25) is 4.79 Å². The average Bonchev–Trinajstić information content (AvgIpc) is 3.21. The Labute approximate surface area is 164 Å². The van der Waals surface area contributed by atoms with Crippen LogP contribution in [0.1, 0.15) is 10.5 Å². The molecule has 1 N–H and O–H groups in total. The van der Waals surface area contributed by atoms with Crippen LogP contribution >= 0.6 is 0 Å². The lowest BCUT2D eigenvalue weighted by atomic mass is 10.1. The third-order valence-electron chi connectivity index (χ3n) is 5.64. The summed E-state index contributed by atoms with van der Waals surface area (Å²) in [7, 11) is 2.17. The maximum absolute atomic E-state index is 11.7. The highest BCUT2D eigenvalue weighted by Crippen LogP contribution is 2.37. The molecule has 1 aromatic heterocycles. The van der Waals surface area contributed by atoms with Crippen LogP contribution in [0.2, 0.25) is 0 Å². The lowest BCUT2D eigenvalue weighted by Gasteiger charge is -2.34. The molecule has 28 heavy (non-hydrogen) atoms. The van der Waals surface area contributed by atoms with Gasteiger partial charge < -0.3 is 14.8 Å². The van der Waals surface area contributed by atoms with E-state index in [2.05, 4.69) is 51.1 Å². The third-order valence-corrected chi connectivity index (χ3v) is 5.64. The van der Waals surface area contributed by atoms with Crippen molar-refractivity contribution in [3.05, 3.63) is 60.3 Å². The lowest BCUT2D eigenvalue weighted by molar-refractivity contribution is 0.112. The number of nitrogens with one attached hydrogen (secondary N) is 1. The van der Waals surface area contributed by atoms with Crippen molar-refractivity contribution in [2.24, 2.45) is 0 Å². The van der Waals surface area contributed by atoms with Gasteiger partial charge >= 0.3 is 0 Å². The highest BCUT2D eigenvalue weighted by atomic mass is 16.1. The van der Waals surface area contributed by atoms with E-state index in [-0.39, 0.29) is 0 Å². The molecule has 5 nitrogen and oxygen atoms in total. The number of H-pyrrole nitrogens is 1. The molecule has 5 heteroatoms. The van der Waals surface area contributed by atoms with Crippen LogP contribution in [0.4, 0.5) is 5.69 Å². The molecular formula is C23H22N4O. The zero-order chi connectivity index (χ0) is 19.1. The van der Waals surface area contributed by atoms with Gasteiger partial charge in [-0.1, -0.05) is 24.3 Å². The van der Waals surface area contributed by atoms with E-state index >= 15 is 0 Å². The number of benzene rings is 1. The van der Waals surface area contributed by atoms with Crippen molar-refractivity contribution in [1.29, 1.82) is 0 Å². The van der Waals surface area contributed by atoms with E-state index in [0.717, 1.165) is 65.9 Å². The number of hydrogen-bond acceptors (Lipinski definition) is 4. The number of anilines is 1. The SMILES string of the molecule is CN1CCN(c2ccc3[nH]c(-c4c5cccccc-5nc4C=O)cc3c2)CC1. The highest BCUT2D eigenvalue weighted by molar-refractivity contribution is 5.98. The Hall–Kier alpha value is -3.18. The van der Waals surface area contributed by atoms with Crippen molar-refractivity contribution in [3.63, 3.8) is 0 Å². The highest BCUT2D eigenvalue weighted by Gasteiger charge is 2.20. The summed E-state index contributed by atoms with van der Waals surface area (Å²) in [5.74, 6) is 0. The molecular weight excluding hydrogens is 348 g/mol. The molecule has 5 rings (SSSR count). The van der Waals surface area contributed by atoms with Gasteiger partial charge in [0.1, 0.15) is 5.69 Å². The average molecular weight is 370 g/mol. The summed E-state index contributed by atoms with van der Waals surface area (Å²) in [4.78, 5) is 24.5. The van der Waals surface area contributed by atoms with E-state index in [4.69, 9.17) is 0 Å². The second kappa shape index (κ2) is 6.77. The summed E-state index contributed by atoms with van der Waals surface area (Å²) in [6.07, 6.45) is 0.844. The van der Waals surface area contributed by atoms with E-state index in [1.165, 1.54) is 5.69 Å². The summed E-state index contributed by atoms with van der Waals surface area (Å²) in [6, 6.07) is 18.5. The zero-order valence-electron chi connectivity index (χ0n) is 15.9. The minimum absolute atomic E-state index is 0.479. The Kier molecular flexibility index (Phi) is 4.10. The first-order chi connectivity index (χ1) is 13.7. The summed E-state index contributed by atoms with van der Waals surface area (Å²) >= 11 is 0. The number of fused-ring (bicyclic) bond motifs is 2. The van der Waals surface area contributed by atoms with E-state index < -0.39 is 0 Å². The quantitative estimate of drug-likeness (QED) is 0.556. The number of rotatable bonds is 3. The molecule has 1 fully saturated rings. The first-order valence-electron chi connectivity index (χ1n) is 9.63. The number of hydrogen-bond donors (Lipinski definition) is 1. The molecule has 0 bridgehead atoms. The maximum atomic E-state index is 11.7. The summed E-state index contributed by atoms with van der Waals surface area (Å²) in [5.41, 5.74) is 6.42. The third kappa shape index (κ3) is 2.84. The molecule has 2 aromatic rings. The Morgan fingerprint density at radius 3 is 2.64 bits per heavy atom. The van der Waals surface area contributed by atoms with Gasteiger partial charge in [0.2, 0.25) is 0 Å². The number of carbonyl (C=O) groups excluding carboxylic acids is 1. The molecule has 0 saturated carbocycles. The lowest BCUT2D eigenvalue weighted by Crippen LogP contribution is -2.44. The Morgan fingerprint density at radius 1 is 1.00 bits per heavy atom. The van der Waals surface area contributed by atoms with Gasteiger partial charge in [0, 0.05) is 59.6 Å². The fourth-order valence-corrected chi connectivity index (χ4v) is 4.05. The maximum Gasteiger partial charge on any atom is 0.169 e. The number of aromatic nitrogens is 2. The molecule has 1 saturated heterocycles. The standard InChI is InChI=1S/C23H22N4O/c1-26-9-11-27(12-10-26)17-7-8-19-16(13-17)14-21(24-19)23-18-5-3-2-4-6-20(18)25-22(23)15-28/h2-8,13-15,24H,9-12H2,1H3. The Morgan fingerprint density at radius 2 is 1.82 bits per heavy atom. The van der Waals surface area contributed by atoms with E-state index in [0.29, 0.717) is 5.69 Å². The van der Waals surface area contributed by atoms with Crippen LogP contribution < -0.4 is 4.90 Å².